The highest BCUT2D eigenvalue weighted by Gasteiger charge is 2.29. The fourth-order valence-electron chi connectivity index (χ4n) is 2.42. The fourth-order valence-corrected chi connectivity index (χ4v) is 2.68. The molecule has 0 heterocycles. The van der Waals surface area contributed by atoms with Crippen molar-refractivity contribution in [2.45, 2.75) is 19.1 Å². The van der Waals surface area contributed by atoms with Gasteiger partial charge in [-0.15, -0.1) is 0 Å². The first kappa shape index (κ1) is 16.9. The fraction of sp³-hybridized carbons (Fsp3) is 0.278. The largest absolute Gasteiger partial charge is 0.372 e. The van der Waals surface area contributed by atoms with Crippen LogP contribution in [0.1, 0.15) is 28.9 Å². The van der Waals surface area contributed by atoms with Gasteiger partial charge in [0.2, 0.25) is 0 Å². The number of carbonyl (C=O) groups is 1. The lowest BCUT2D eigenvalue weighted by Crippen LogP contribution is -2.40. The summed E-state index contributed by atoms with van der Waals surface area (Å²) in [4.78, 5) is 12.8. The normalized spacial score (nSPS) is 13.6. The van der Waals surface area contributed by atoms with E-state index in [9.17, 15) is 4.79 Å². The van der Waals surface area contributed by atoms with Gasteiger partial charge in [-0.1, -0.05) is 58.4 Å². The van der Waals surface area contributed by atoms with E-state index >= 15 is 0 Å². The molecule has 0 aliphatic carbocycles. The molecule has 2 aromatic rings. The minimum absolute atomic E-state index is 0.0319. The average molecular weight is 362 g/mol. The summed E-state index contributed by atoms with van der Waals surface area (Å²) in [5.41, 5.74) is 1.66. The number of benzene rings is 2. The molecule has 0 aliphatic heterocycles. The van der Waals surface area contributed by atoms with Crippen LogP contribution in [0.2, 0.25) is 0 Å². The number of rotatable bonds is 7. The van der Waals surface area contributed by atoms with E-state index < -0.39 is 6.04 Å². The summed E-state index contributed by atoms with van der Waals surface area (Å²) in [5.74, 6) is 0.0319. The first-order valence-corrected chi connectivity index (χ1v) is 8.10. The molecule has 0 unspecified atom stereocenters. The summed E-state index contributed by atoms with van der Waals surface area (Å²) in [6, 6.07) is 16.8. The molecular formula is C18H20BrNO2. The minimum atomic E-state index is -0.427. The summed E-state index contributed by atoms with van der Waals surface area (Å²) in [6.45, 7) is 2.48. The predicted molar refractivity (Wildman–Crippen MR) is 92.1 cm³/mol. The van der Waals surface area contributed by atoms with Crippen molar-refractivity contribution >= 4 is 21.7 Å². The van der Waals surface area contributed by atoms with Crippen LogP contribution in [0.5, 0.6) is 0 Å². The number of hydrogen-bond acceptors (Lipinski definition) is 3. The van der Waals surface area contributed by atoms with Crippen molar-refractivity contribution < 1.29 is 9.53 Å². The quantitative estimate of drug-likeness (QED) is 0.757. The van der Waals surface area contributed by atoms with Crippen molar-refractivity contribution in [3.05, 3.63) is 70.2 Å². The van der Waals surface area contributed by atoms with Gasteiger partial charge in [0.1, 0.15) is 12.1 Å². The second kappa shape index (κ2) is 8.22. The van der Waals surface area contributed by atoms with Crippen LogP contribution in [-0.4, -0.2) is 25.5 Å². The van der Waals surface area contributed by atoms with E-state index in [1.807, 2.05) is 61.5 Å². The summed E-state index contributed by atoms with van der Waals surface area (Å²) in [6.07, 6.45) is -0.323. The number of ether oxygens (including phenoxy) is 1. The van der Waals surface area contributed by atoms with Crippen LogP contribution in [0, 0.1) is 0 Å². The third kappa shape index (κ3) is 4.03. The lowest BCUT2D eigenvalue weighted by molar-refractivity contribution is 0.0332. The van der Waals surface area contributed by atoms with E-state index in [0.717, 1.165) is 10.0 Å². The zero-order chi connectivity index (χ0) is 15.9. The van der Waals surface area contributed by atoms with Crippen LogP contribution in [0.25, 0.3) is 0 Å². The van der Waals surface area contributed by atoms with Crippen molar-refractivity contribution in [3.8, 4) is 0 Å². The van der Waals surface area contributed by atoms with Crippen LogP contribution < -0.4 is 5.32 Å². The first-order valence-electron chi connectivity index (χ1n) is 7.31. The Morgan fingerprint density at radius 3 is 2.32 bits per heavy atom. The molecule has 0 saturated heterocycles. The van der Waals surface area contributed by atoms with Gasteiger partial charge in [-0.3, -0.25) is 4.79 Å². The molecule has 0 radical (unpaired) electrons. The molecule has 0 spiro atoms. The van der Waals surface area contributed by atoms with Gasteiger partial charge < -0.3 is 10.1 Å². The molecule has 0 fully saturated rings. The van der Waals surface area contributed by atoms with Gasteiger partial charge in [0, 0.05) is 16.6 Å². The van der Waals surface area contributed by atoms with Crippen LogP contribution >= 0.6 is 15.9 Å². The molecule has 2 atom stereocenters. The smallest absolute Gasteiger partial charge is 0.182 e. The number of carbonyl (C=O) groups excluding carboxylic acids is 1. The Balaban J connectivity index is 2.31. The predicted octanol–water partition coefficient (Wildman–Crippen LogP) is 4.00. The summed E-state index contributed by atoms with van der Waals surface area (Å²) >= 11 is 3.43. The maximum atomic E-state index is 12.8. The van der Waals surface area contributed by atoms with E-state index in [4.69, 9.17) is 4.74 Å². The molecule has 4 heteroatoms. The van der Waals surface area contributed by atoms with Crippen LogP contribution in [-0.2, 0) is 4.74 Å². The average Bonchev–Trinajstić information content (AvgIpc) is 2.56. The Morgan fingerprint density at radius 1 is 1.14 bits per heavy atom. The molecule has 0 aliphatic rings. The molecule has 0 saturated carbocycles. The SMILES string of the molecule is CCO[C@@H](c1ccc(Br)cc1)[C@H](NC)C(=O)c1ccccc1. The molecule has 22 heavy (non-hydrogen) atoms. The van der Waals surface area contributed by atoms with E-state index in [-0.39, 0.29) is 11.9 Å². The molecular weight excluding hydrogens is 342 g/mol. The second-order valence-electron chi connectivity index (χ2n) is 4.92. The maximum Gasteiger partial charge on any atom is 0.182 e. The number of Topliss-reactive ketones (excluding diaryl/α,β-unsaturated/α-hetero) is 1. The topological polar surface area (TPSA) is 38.3 Å². The highest BCUT2D eigenvalue weighted by Crippen LogP contribution is 2.25. The number of likely N-dealkylation sites (N-methyl/N-ethyl adjacent to an activating group) is 1. The second-order valence-corrected chi connectivity index (χ2v) is 5.84. The third-order valence-corrected chi connectivity index (χ3v) is 4.03. The Kier molecular flexibility index (Phi) is 6.31. The van der Waals surface area contributed by atoms with Gasteiger partial charge >= 0.3 is 0 Å². The van der Waals surface area contributed by atoms with Crippen molar-refractivity contribution in [3.63, 3.8) is 0 Å². The number of hydrogen-bond donors (Lipinski definition) is 1. The summed E-state index contributed by atoms with van der Waals surface area (Å²) in [7, 11) is 1.79. The number of ketones is 1. The number of halogens is 1. The standard InChI is InChI=1S/C18H20BrNO2/c1-3-22-18(14-9-11-15(19)12-10-14)16(20-2)17(21)13-7-5-4-6-8-13/h4-12,16,18,20H,3H2,1-2H3/t16-,18+/m1/s1. The molecule has 2 aromatic carbocycles. The lowest BCUT2D eigenvalue weighted by atomic mass is 9.95. The van der Waals surface area contributed by atoms with Crippen LogP contribution in [0.4, 0.5) is 0 Å². The molecule has 1 N–H and O–H groups in total. The summed E-state index contributed by atoms with van der Waals surface area (Å²) < 4.78 is 6.87. The van der Waals surface area contributed by atoms with E-state index in [0.29, 0.717) is 12.2 Å². The molecule has 0 amide bonds. The van der Waals surface area contributed by atoms with E-state index in [1.54, 1.807) is 7.05 Å². The van der Waals surface area contributed by atoms with Crippen molar-refractivity contribution in [2.24, 2.45) is 0 Å². The van der Waals surface area contributed by atoms with Gasteiger partial charge in [0.05, 0.1) is 0 Å². The van der Waals surface area contributed by atoms with Crippen molar-refractivity contribution in [2.75, 3.05) is 13.7 Å². The zero-order valence-corrected chi connectivity index (χ0v) is 14.3. The minimum Gasteiger partial charge on any atom is -0.372 e. The Morgan fingerprint density at radius 2 is 1.77 bits per heavy atom. The van der Waals surface area contributed by atoms with Crippen LogP contribution in [0.15, 0.2) is 59.1 Å². The molecule has 2 rings (SSSR count). The Hall–Kier alpha value is -1.49. The highest BCUT2D eigenvalue weighted by atomic mass is 79.9. The molecule has 116 valence electrons. The third-order valence-electron chi connectivity index (χ3n) is 3.50. The van der Waals surface area contributed by atoms with Crippen molar-refractivity contribution in [1.29, 1.82) is 0 Å². The van der Waals surface area contributed by atoms with Gasteiger partial charge in [0.15, 0.2) is 5.78 Å². The molecule has 3 nitrogen and oxygen atoms in total. The highest BCUT2D eigenvalue weighted by molar-refractivity contribution is 9.10. The van der Waals surface area contributed by atoms with E-state index in [1.165, 1.54) is 0 Å². The molecule has 0 aromatic heterocycles. The zero-order valence-electron chi connectivity index (χ0n) is 12.8. The lowest BCUT2D eigenvalue weighted by Gasteiger charge is -2.26. The van der Waals surface area contributed by atoms with Gasteiger partial charge in [-0.25, -0.2) is 0 Å². The van der Waals surface area contributed by atoms with E-state index in [2.05, 4.69) is 21.2 Å². The van der Waals surface area contributed by atoms with Gasteiger partial charge in [-0.2, -0.15) is 0 Å². The number of nitrogens with one attached hydrogen (secondary N) is 1. The van der Waals surface area contributed by atoms with Gasteiger partial charge in [0.25, 0.3) is 0 Å². The van der Waals surface area contributed by atoms with Crippen LogP contribution in [0.3, 0.4) is 0 Å². The Bertz CT molecular complexity index is 598. The monoisotopic (exact) mass is 361 g/mol. The van der Waals surface area contributed by atoms with Crippen molar-refractivity contribution in [1.82, 2.24) is 5.32 Å². The maximum absolute atomic E-state index is 12.8. The first-order chi connectivity index (χ1) is 10.7. The summed E-state index contributed by atoms with van der Waals surface area (Å²) in [5, 5.41) is 3.11. The van der Waals surface area contributed by atoms with Gasteiger partial charge in [-0.05, 0) is 31.7 Å². The Labute approximate surface area is 139 Å². The molecule has 0 bridgehead atoms.